The van der Waals surface area contributed by atoms with Gasteiger partial charge in [-0.05, 0) is 31.4 Å². The van der Waals surface area contributed by atoms with Gasteiger partial charge in [-0.3, -0.25) is 0 Å². The van der Waals surface area contributed by atoms with Gasteiger partial charge in [-0.15, -0.1) is 0 Å². The van der Waals surface area contributed by atoms with E-state index in [1.165, 1.54) is 6.07 Å². The lowest BCUT2D eigenvalue weighted by Gasteiger charge is -2.20. The molecule has 1 aromatic carbocycles. The van der Waals surface area contributed by atoms with Gasteiger partial charge in [0.25, 0.3) is 0 Å². The lowest BCUT2D eigenvalue weighted by Crippen LogP contribution is -2.20. The Labute approximate surface area is 107 Å². The topological polar surface area (TPSA) is 49.3 Å². The predicted molar refractivity (Wildman–Crippen MR) is 70.5 cm³/mol. The van der Waals surface area contributed by atoms with Crippen molar-refractivity contribution < 1.29 is 14.3 Å². The van der Waals surface area contributed by atoms with Crippen molar-refractivity contribution in [1.82, 2.24) is 0 Å². The molecular weight excluding hydrogens is 233 g/mol. The van der Waals surface area contributed by atoms with Crippen LogP contribution in [0.2, 0.25) is 0 Å². The van der Waals surface area contributed by atoms with E-state index in [2.05, 4.69) is 19.2 Å². The van der Waals surface area contributed by atoms with Gasteiger partial charge in [0.2, 0.25) is 0 Å². The molecule has 0 amide bonds. The summed E-state index contributed by atoms with van der Waals surface area (Å²) in [4.78, 5) is 11.0. The second-order valence-corrected chi connectivity index (χ2v) is 4.76. The highest BCUT2D eigenvalue weighted by Crippen LogP contribution is 2.21. The smallest absolute Gasteiger partial charge is 0.340 e. The molecule has 1 aromatic rings. The lowest BCUT2D eigenvalue weighted by molar-refractivity contribution is 0.0693. The first-order valence-electron chi connectivity index (χ1n) is 6.24. The summed E-state index contributed by atoms with van der Waals surface area (Å²) in [6.45, 7) is 6.23. The number of hydrogen-bond acceptors (Lipinski definition) is 2. The van der Waals surface area contributed by atoms with Gasteiger partial charge in [-0.25, -0.2) is 9.18 Å². The van der Waals surface area contributed by atoms with Gasteiger partial charge in [0.1, 0.15) is 11.4 Å². The van der Waals surface area contributed by atoms with Crippen molar-refractivity contribution in [3.63, 3.8) is 0 Å². The van der Waals surface area contributed by atoms with Crippen LogP contribution >= 0.6 is 0 Å². The highest BCUT2D eigenvalue weighted by Gasteiger charge is 2.17. The Balaban J connectivity index is 2.84. The Bertz CT molecular complexity index is 420. The van der Waals surface area contributed by atoms with E-state index in [-0.39, 0.29) is 11.6 Å². The third kappa shape index (κ3) is 3.72. The van der Waals surface area contributed by atoms with Gasteiger partial charge in [0.05, 0.1) is 5.69 Å². The molecule has 0 saturated carbocycles. The molecule has 1 rings (SSSR count). The summed E-state index contributed by atoms with van der Waals surface area (Å²) in [5, 5.41) is 12.1. The number of carboxylic acids is 1. The number of hydrogen-bond donors (Lipinski definition) is 2. The quantitative estimate of drug-likeness (QED) is 0.811. The van der Waals surface area contributed by atoms with E-state index >= 15 is 0 Å². The van der Waals surface area contributed by atoms with Crippen LogP contribution in [0.15, 0.2) is 18.2 Å². The Morgan fingerprint density at radius 3 is 2.67 bits per heavy atom. The molecule has 2 unspecified atom stereocenters. The molecule has 0 spiro atoms. The number of benzene rings is 1. The normalized spacial score (nSPS) is 14.0. The van der Waals surface area contributed by atoms with E-state index in [4.69, 9.17) is 5.11 Å². The fraction of sp³-hybridized carbons (Fsp3) is 0.500. The molecule has 4 heteroatoms. The van der Waals surface area contributed by atoms with Crippen LogP contribution < -0.4 is 5.32 Å². The number of aromatic carboxylic acids is 1. The van der Waals surface area contributed by atoms with Crippen LogP contribution in [0.4, 0.5) is 10.1 Å². The number of carboxylic acid groups (broad SMARTS) is 1. The van der Waals surface area contributed by atoms with Crippen LogP contribution in [0.25, 0.3) is 0 Å². The van der Waals surface area contributed by atoms with E-state index in [9.17, 15) is 9.18 Å². The van der Waals surface area contributed by atoms with E-state index < -0.39 is 11.8 Å². The van der Waals surface area contributed by atoms with Crippen molar-refractivity contribution in [2.75, 3.05) is 5.32 Å². The Hall–Kier alpha value is -1.58. The Morgan fingerprint density at radius 2 is 2.11 bits per heavy atom. The largest absolute Gasteiger partial charge is 0.478 e. The Kier molecular flexibility index (Phi) is 5.13. The van der Waals surface area contributed by atoms with Gasteiger partial charge >= 0.3 is 5.97 Å². The van der Waals surface area contributed by atoms with Crippen molar-refractivity contribution >= 4 is 11.7 Å². The zero-order valence-corrected chi connectivity index (χ0v) is 11.0. The number of anilines is 1. The second-order valence-electron chi connectivity index (χ2n) is 4.76. The zero-order valence-electron chi connectivity index (χ0n) is 11.0. The fourth-order valence-electron chi connectivity index (χ4n) is 1.96. The number of halogens is 1. The predicted octanol–water partition coefficient (Wildman–Crippen LogP) is 3.76. The summed E-state index contributed by atoms with van der Waals surface area (Å²) in [5.41, 5.74) is 0.0619. The first-order valence-corrected chi connectivity index (χ1v) is 6.24. The Morgan fingerprint density at radius 1 is 1.44 bits per heavy atom. The van der Waals surface area contributed by atoms with Crippen LogP contribution in [-0.2, 0) is 0 Å². The maximum atomic E-state index is 13.5. The lowest BCUT2D eigenvalue weighted by atomic mass is 10.00. The summed E-state index contributed by atoms with van der Waals surface area (Å²) in [6.07, 6.45) is 1.99. The molecule has 0 aliphatic carbocycles. The van der Waals surface area contributed by atoms with Gasteiger partial charge in [0.15, 0.2) is 0 Å². The molecule has 100 valence electrons. The minimum Gasteiger partial charge on any atom is -0.478 e. The van der Waals surface area contributed by atoms with Crippen LogP contribution in [0.3, 0.4) is 0 Å². The van der Waals surface area contributed by atoms with Crippen molar-refractivity contribution in [3.05, 3.63) is 29.6 Å². The molecule has 18 heavy (non-hydrogen) atoms. The molecule has 0 aromatic heterocycles. The number of nitrogens with one attached hydrogen (secondary N) is 1. The minimum absolute atomic E-state index is 0.111. The van der Waals surface area contributed by atoms with E-state index in [0.717, 1.165) is 18.9 Å². The molecule has 3 nitrogen and oxygen atoms in total. The highest BCUT2D eigenvalue weighted by atomic mass is 19.1. The van der Waals surface area contributed by atoms with Gasteiger partial charge in [0, 0.05) is 6.04 Å². The molecule has 0 saturated heterocycles. The van der Waals surface area contributed by atoms with Crippen molar-refractivity contribution in [3.8, 4) is 0 Å². The third-order valence-corrected chi connectivity index (χ3v) is 3.08. The summed E-state index contributed by atoms with van der Waals surface area (Å²) >= 11 is 0. The van der Waals surface area contributed by atoms with Crippen LogP contribution in [0, 0.1) is 11.7 Å². The summed E-state index contributed by atoms with van der Waals surface area (Å²) in [6, 6.07) is 4.38. The monoisotopic (exact) mass is 253 g/mol. The minimum atomic E-state index is -1.24. The molecule has 0 radical (unpaired) electrons. The SMILES string of the molecule is CCC(C)CC(C)Nc1cccc(F)c1C(=O)O. The van der Waals surface area contributed by atoms with Crippen LogP contribution in [-0.4, -0.2) is 17.1 Å². The summed E-state index contributed by atoms with van der Waals surface area (Å²) < 4.78 is 13.5. The molecule has 2 N–H and O–H groups in total. The zero-order chi connectivity index (χ0) is 13.7. The standard InChI is InChI=1S/C14H20FNO2/c1-4-9(2)8-10(3)16-12-7-5-6-11(15)13(12)14(17)18/h5-7,9-10,16H,4,8H2,1-3H3,(H,17,18). The fourth-order valence-corrected chi connectivity index (χ4v) is 1.96. The van der Waals surface area contributed by atoms with E-state index in [0.29, 0.717) is 11.6 Å². The first-order chi connectivity index (χ1) is 8.45. The summed E-state index contributed by atoms with van der Waals surface area (Å²) in [5.74, 6) is -1.40. The molecular formula is C14H20FNO2. The van der Waals surface area contributed by atoms with Crippen molar-refractivity contribution in [1.29, 1.82) is 0 Å². The molecule has 2 atom stereocenters. The highest BCUT2D eigenvalue weighted by molar-refractivity contribution is 5.94. The maximum Gasteiger partial charge on any atom is 0.340 e. The maximum absolute atomic E-state index is 13.5. The second kappa shape index (κ2) is 6.38. The molecule has 0 aliphatic heterocycles. The molecule has 0 fully saturated rings. The van der Waals surface area contributed by atoms with Crippen LogP contribution in [0.5, 0.6) is 0 Å². The van der Waals surface area contributed by atoms with E-state index in [1.54, 1.807) is 6.07 Å². The summed E-state index contributed by atoms with van der Waals surface area (Å²) in [7, 11) is 0. The first kappa shape index (κ1) is 14.5. The van der Waals surface area contributed by atoms with Gasteiger partial charge in [-0.2, -0.15) is 0 Å². The number of rotatable bonds is 6. The van der Waals surface area contributed by atoms with Gasteiger partial charge in [-0.1, -0.05) is 26.3 Å². The van der Waals surface area contributed by atoms with E-state index in [1.807, 2.05) is 6.92 Å². The molecule has 0 aliphatic rings. The third-order valence-electron chi connectivity index (χ3n) is 3.08. The average Bonchev–Trinajstić information content (AvgIpc) is 2.28. The van der Waals surface area contributed by atoms with Crippen molar-refractivity contribution in [2.24, 2.45) is 5.92 Å². The average molecular weight is 253 g/mol. The molecule has 0 heterocycles. The number of carbonyl (C=O) groups is 1. The van der Waals surface area contributed by atoms with Gasteiger partial charge < -0.3 is 10.4 Å². The van der Waals surface area contributed by atoms with Crippen molar-refractivity contribution in [2.45, 2.75) is 39.7 Å². The molecule has 0 bridgehead atoms. The van der Waals surface area contributed by atoms with Crippen LogP contribution in [0.1, 0.15) is 44.0 Å².